The normalized spacial score (nSPS) is 16.0. The minimum atomic E-state index is -1.13. The zero-order valence-electron chi connectivity index (χ0n) is 9.35. The number of anilines is 1. The lowest BCUT2D eigenvalue weighted by molar-refractivity contribution is 0.0697. The Kier molecular flexibility index (Phi) is 3.08. The van der Waals surface area contributed by atoms with Gasteiger partial charge in [-0.25, -0.2) is 4.79 Å². The third kappa shape index (κ3) is 2.43. The molecule has 0 unspecified atom stereocenters. The van der Waals surface area contributed by atoms with Crippen LogP contribution in [0.3, 0.4) is 0 Å². The van der Waals surface area contributed by atoms with Crippen molar-refractivity contribution in [3.8, 4) is 11.5 Å². The fourth-order valence-corrected chi connectivity index (χ4v) is 2.05. The summed E-state index contributed by atoms with van der Waals surface area (Å²) in [5, 5.41) is 18.6. The SMILES string of the molecule is Nc1cc(O)c(OC2CCCC2)cc1C(=O)O. The van der Waals surface area contributed by atoms with Crippen molar-refractivity contribution in [2.24, 2.45) is 0 Å². The molecule has 0 atom stereocenters. The second-order valence-electron chi connectivity index (χ2n) is 4.24. The zero-order chi connectivity index (χ0) is 12.4. The molecular weight excluding hydrogens is 222 g/mol. The van der Waals surface area contributed by atoms with Crippen LogP contribution in [0.25, 0.3) is 0 Å². The monoisotopic (exact) mass is 237 g/mol. The molecule has 1 fully saturated rings. The third-order valence-electron chi connectivity index (χ3n) is 2.96. The second kappa shape index (κ2) is 4.53. The van der Waals surface area contributed by atoms with E-state index < -0.39 is 5.97 Å². The molecule has 0 aromatic heterocycles. The number of rotatable bonds is 3. The number of hydrogen-bond donors (Lipinski definition) is 3. The van der Waals surface area contributed by atoms with Crippen LogP contribution in [0.4, 0.5) is 5.69 Å². The number of phenols is 1. The molecule has 1 aromatic rings. The van der Waals surface area contributed by atoms with E-state index >= 15 is 0 Å². The molecule has 0 spiro atoms. The van der Waals surface area contributed by atoms with Crippen molar-refractivity contribution in [1.29, 1.82) is 0 Å². The summed E-state index contributed by atoms with van der Waals surface area (Å²) in [6, 6.07) is 2.50. The number of carboxylic acids is 1. The van der Waals surface area contributed by atoms with Crippen molar-refractivity contribution >= 4 is 11.7 Å². The number of nitrogens with two attached hydrogens (primary N) is 1. The van der Waals surface area contributed by atoms with Gasteiger partial charge in [-0.15, -0.1) is 0 Å². The molecule has 4 N–H and O–H groups in total. The first kappa shape index (κ1) is 11.6. The van der Waals surface area contributed by atoms with Gasteiger partial charge >= 0.3 is 5.97 Å². The molecule has 5 nitrogen and oxygen atoms in total. The van der Waals surface area contributed by atoms with E-state index in [1.807, 2.05) is 0 Å². The molecule has 0 amide bonds. The standard InChI is InChI=1S/C12H15NO4/c13-9-6-10(14)11(5-8(9)12(15)16)17-7-3-1-2-4-7/h5-7,14H,1-4,13H2,(H,15,16). The number of hydrogen-bond acceptors (Lipinski definition) is 4. The lowest BCUT2D eigenvalue weighted by Gasteiger charge is -2.15. The molecule has 92 valence electrons. The highest BCUT2D eigenvalue weighted by atomic mass is 16.5. The minimum Gasteiger partial charge on any atom is -0.504 e. The van der Waals surface area contributed by atoms with E-state index in [0.29, 0.717) is 0 Å². The molecule has 2 rings (SSSR count). The first-order chi connectivity index (χ1) is 8.08. The van der Waals surface area contributed by atoms with E-state index in [-0.39, 0.29) is 28.9 Å². The quantitative estimate of drug-likeness (QED) is 0.699. The van der Waals surface area contributed by atoms with Gasteiger partial charge in [0.15, 0.2) is 11.5 Å². The highest BCUT2D eigenvalue weighted by Gasteiger charge is 2.20. The predicted molar refractivity (Wildman–Crippen MR) is 62.4 cm³/mol. The average Bonchev–Trinajstić information content (AvgIpc) is 2.74. The van der Waals surface area contributed by atoms with Crippen LogP contribution < -0.4 is 10.5 Å². The van der Waals surface area contributed by atoms with Gasteiger partial charge < -0.3 is 20.7 Å². The van der Waals surface area contributed by atoms with Crippen LogP contribution in [0.5, 0.6) is 11.5 Å². The molecular formula is C12H15NO4. The summed E-state index contributed by atoms with van der Waals surface area (Å²) in [4.78, 5) is 10.9. The summed E-state index contributed by atoms with van der Waals surface area (Å²) >= 11 is 0. The van der Waals surface area contributed by atoms with Gasteiger partial charge in [-0.05, 0) is 25.7 Å². The maximum atomic E-state index is 10.9. The number of aromatic carboxylic acids is 1. The van der Waals surface area contributed by atoms with E-state index in [9.17, 15) is 9.90 Å². The molecule has 1 aliphatic rings. The van der Waals surface area contributed by atoms with Crippen molar-refractivity contribution < 1.29 is 19.7 Å². The molecule has 0 saturated heterocycles. The Balaban J connectivity index is 2.26. The average molecular weight is 237 g/mol. The van der Waals surface area contributed by atoms with Gasteiger partial charge in [-0.3, -0.25) is 0 Å². The maximum Gasteiger partial charge on any atom is 0.337 e. The van der Waals surface area contributed by atoms with E-state index in [4.69, 9.17) is 15.6 Å². The van der Waals surface area contributed by atoms with Crippen LogP contribution in [0, 0.1) is 0 Å². The summed E-state index contributed by atoms with van der Waals surface area (Å²) in [6.07, 6.45) is 4.14. The Morgan fingerprint density at radius 3 is 2.59 bits per heavy atom. The maximum absolute atomic E-state index is 10.9. The van der Waals surface area contributed by atoms with E-state index in [1.165, 1.54) is 12.1 Å². The van der Waals surface area contributed by atoms with Gasteiger partial charge in [0.05, 0.1) is 17.4 Å². The van der Waals surface area contributed by atoms with Gasteiger partial charge in [-0.1, -0.05) is 0 Å². The first-order valence-corrected chi connectivity index (χ1v) is 5.60. The second-order valence-corrected chi connectivity index (χ2v) is 4.24. The molecule has 1 aliphatic carbocycles. The Labute approximate surface area is 98.8 Å². The number of carbonyl (C=O) groups is 1. The van der Waals surface area contributed by atoms with Crippen LogP contribution >= 0.6 is 0 Å². The Morgan fingerprint density at radius 2 is 2.00 bits per heavy atom. The van der Waals surface area contributed by atoms with Gasteiger partial charge in [0.2, 0.25) is 0 Å². The molecule has 5 heteroatoms. The molecule has 0 aliphatic heterocycles. The number of benzene rings is 1. The molecule has 1 saturated carbocycles. The summed E-state index contributed by atoms with van der Waals surface area (Å²) in [5.74, 6) is -1.04. The Morgan fingerprint density at radius 1 is 1.35 bits per heavy atom. The van der Waals surface area contributed by atoms with Crippen LogP contribution in [0.1, 0.15) is 36.0 Å². The van der Waals surface area contributed by atoms with Crippen molar-refractivity contribution in [2.45, 2.75) is 31.8 Å². The fourth-order valence-electron chi connectivity index (χ4n) is 2.05. The molecule has 0 radical (unpaired) electrons. The highest BCUT2D eigenvalue weighted by molar-refractivity contribution is 5.94. The topological polar surface area (TPSA) is 92.8 Å². The minimum absolute atomic E-state index is 0.0359. The Bertz CT molecular complexity index is 438. The third-order valence-corrected chi connectivity index (χ3v) is 2.96. The number of phenolic OH excluding ortho intramolecular Hbond substituents is 1. The van der Waals surface area contributed by atoms with Gasteiger partial charge in [-0.2, -0.15) is 0 Å². The van der Waals surface area contributed by atoms with Crippen LogP contribution in [0.15, 0.2) is 12.1 Å². The largest absolute Gasteiger partial charge is 0.504 e. The molecule has 17 heavy (non-hydrogen) atoms. The van der Waals surface area contributed by atoms with Crippen molar-refractivity contribution in [2.75, 3.05) is 5.73 Å². The summed E-state index contributed by atoms with van der Waals surface area (Å²) < 4.78 is 5.58. The number of aromatic hydroxyl groups is 1. The van der Waals surface area contributed by atoms with Gasteiger partial charge in [0, 0.05) is 12.1 Å². The van der Waals surface area contributed by atoms with Gasteiger partial charge in [0.25, 0.3) is 0 Å². The van der Waals surface area contributed by atoms with E-state index in [1.54, 1.807) is 0 Å². The Hall–Kier alpha value is -1.91. The molecule has 0 bridgehead atoms. The van der Waals surface area contributed by atoms with Crippen molar-refractivity contribution in [3.63, 3.8) is 0 Å². The highest BCUT2D eigenvalue weighted by Crippen LogP contribution is 2.34. The lowest BCUT2D eigenvalue weighted by atomic mass is 10.1. The lowest BCUT2D eigenvalue weighted by Crippen LogP contribution is -2.12. The number of nitrogen functional groups attached to an aromatic ring is 1. The molecule has 1 aromatic carbocycles. The summed E-state index contributed by atoms with van der Waals surface area (Å²) in [5.41, 5.74) is 5.49. The van der Waals surface area contributed by atoms with Crippen LogP contribution in [-0.4, -0.2) is 22.3 Å². The summed E-state index contributed by atoms with van der Waals surface area (Å²) in [7, 11) is 0. The summed E-state index contributed by atoms with van der Waals surface area (Å²) in [6.45, 7) is 0. The smallest absolute Gasteiger partial charge is 0.337 e. The number of carboxylic acid groups (broad SMARTS) is 1. The van der Waals surface area contributed by atoms with E-state index in [0.717, 1.165) is 25.7 Å². The van der Waals surface area contributed by atoms with Crippen LogP contribution in [0.2, 0.25) is 0 Å². The first-order valence-electron chi connectivity index (χ1n) is 5.60. The molecule has 0 heterocycles. The fraction of sp³-hybridized carbons (Fsp3) is 0.417. The van der Waals surface area contributed by atoms with E-state index in [2.05, 4.69) is 0 Å². The van der Waals surface area contributed by atoms with Crippen molar-refractivity contribution in [3.05, 3.63) is 17.7 Å². The predicted octanol–water partition coefficient (Wildman–Crippen LogP) is 1.99. The van der Waals surface area contributed by atoms with Gasteiger partial charge in [0.1, 0.15) is 0 Å². The van der Waals surface area contributed by atoms with Crippen LogP contribution in [-0.2, 0) is 0 Å². The number of ether oxygens (including phenoxy) is 1. The van der Waals surface area contributed by atoms with Crippen molar-refractivity contribution in [1.82, 2.24) is 0 Å². The zero-order valence-corrected chi connectivity index (χ0v) is 9.35.